The van der Waals surface area contributed by atoms with E-state index in [4.69, 9.17) is 14.0 Å². The van der Waals surface area contributed by atoms with Gasteiger partial charge in [0.2, 0.25) is 0 Å². The number of ether oxygens (including phenoxy) is 1. The van der Waals surface area contributed by atoms with Crippen molar-refractivity contribution >= 4 is 41.2 Å². The number of aromatic nitrogens is 1. The number of esters is 1. The monoisotopic (exact) mass is 537 g/mol. The van der Waals surface area contributed by atoms with Crippen molar-refractivity contribution in [3.63, 3.8) is 0 Å². The van der Waals surface area contributed by atoms with E-state index in [9.17, 15) is 9.90 Å². The quantitative estimate of drug-likeness (QED) is 0.228. The number of carbonyl (C=O) groups is 1. The van der Waals surface area contributed by atoms with Crippen LogP contribution in [0.2, 0.25) is 0 Å². The molecule has 0 spiro atoms. The molecule has 0 radical (unpaired) electrons. The molecule has 0 amide bonds. The Morgan fingerprint density at radius 2 is 1.68 bits per heavy atom. The molecule has 0 saturated carbocycles. The number of carbonyl (C=O) groups excluding carboxylic acids is 1. The molecule has 1 aliphatic heterocycles. The van der Waals surface area contributed by atoms with E-state index in [0.717, 1.165) is 32.5 Å². The lowest BCUT2D eigenvalue weighted by atomic mass is 9.78. The number of rotatable bonds is 7. The van der Waals surface area contributed by atoms with Crippen LogP contribution in [0.4, 0.5) is 0 Å². The number of phenolic OH excluding ortho intramolecular Hbond substituents is 1. The van der Waals surface area contributed by atoms with Gasteiger partial charge < -0.3 is 23.7 Å². The summed E-state index contributed by atoms with van der Waals surface area (Å²) in [6.45, 7) is 16.8. The number of aryl methyl sites for hydroxylation is 1. The molecule has 1 unspecified atom stereocenters. The third kappa shape index (κ3) is 5.63. The topological polar surface area (TPSA) is 69.9 Å². The molecule has 2 aromatic carbocycles. The fourth-order valence-electron chi connectivity index (χ4n) is 4.78. The number of aromatic hydroxyl groups is 1. The Balaban J connectivity index is 1.73. The summed E-state index contributed by atoms with van der Waals surface area (Å²) in [6, 6.07) is 13.5. The van der Waals surface area contributed by atoms with Gasteiger partial charge >= 0.3 is 13.1 Å². The average Bonchev–Trinajstić information content (AvgIpc) is 3.19. The van der Waals surface area contributed by atoms with Crippen LogP contribution in [-0.2, 0) is 32.3 Å². The van der Waals surface area contributed by atoms with Gasteiger partial charge in [0.05, 0.1) is 17.8 Å². The lowest BCUT2D eigenvalue weighted by Crippen LogP contribution is -2.41. The summed E-state index contributed by atoms with van der Waals surface area (Å²) < 4.78 is 20.0. The van der Waals surface area contributed by atoms with Crippen molar-refractivity contribution in [3.8, 4) is 5.75 Å². The van der Waals surface area contributed by atoms with E-state index in [1.165, 1.54) is 0 Å². The molecule has 0 aliphatic carbocycles. The van der Waals surface area contributed by atoms with Crippen LogP contribution in [0.15, 0.2) is 47.4 Å². The fraction of sp³-hybridized carbons (Fsp3) is 0.500. The van der Waals surface area contributed by atoms with Gasteiger partial charge in [-0.05, 0) is 70.3 Å². The van der Waals surface area contributed by atoms with Crippen molar-refractivity contribution in [2.45, 2.75) is 88.6 Å². The first kappa shape index (κ1) is 28.6. The van der Waals surface area contributed by atoms with E-state index in [1.807, 2.05) is 72.0 Å². The molecule has 204 valence electrons. The van der Waals surface area contributed by atoms with Gasteiger partial charge in [0.15, 0.2) is 0 Å². The third-order valence-electron chi connectivity index (χ3n) is 7.43. The minimum atomic E-state index is -0.512. The molecule has 4 rings (SSSR count). The van der Waals surface area contributed by atoms with Gasteiger partial charge in [-0.2, -0.15) is 0 Å². The lowest BCUT2D eigenvalue weighted by Gasteiger charge is -2.32. The Hall–Kier alpha value is -2.42. The average molecular weight is 538 g/mol. The van der Waals surface area contributed by atoms with E-state index in [1.54, 1.807) is 23.9 Å². The Kier molecular flexibility index (Phi) is 7.74. The van der Waals surface area contributed by atoms with Crippen molar-refractivity contribution in [2.75, 3.05) is 6.61 Å². The fourth-order valence-corrected chi connectivity index (χ4v) is 6.05. The summed E-state index contributed by atoms with van der Waals surface area (Å²) in [7, 11) is 1.55. The first-order chi connectivity index (χ1) is 17.6. The summed E-state index contributed by atoms with van der Waals surface area (Å²) in [4.78, 5) is 14.4. The molecule has 1 atom stereocenters. The first-order valence-corrected chi connectivity index (χ1v) is 14.1. The largest absolute Gasteiger partial charge is 0.508 e. The molecule has 3 aromatic rings. The van der Waals surface area contributed by atoms with Gasteiger partial charge in [-0.1, -0.05) is 45.0 Å². The number of hydrogen-bond acceptors (Lipinski definition) is 6. The molecule has 0 bridgehead atoms. The summed E-state index contributed by atoms with van der Waals surface area (Å²) in [5.41, 5.74) is 3.02. The first-order valence-electron chi connectivity index (χ1n) is 13.2. The molecular weight excluding hydrogens is 497 g/mol. The van der Waals surface area contributed by atoms with Crippen molar-refractivity contribution in [2.24, 2.45) is 7.05 Å². The zero-order valence-corrected chi connectivity index (χ0v) is 24.9. The van der Waals surface area contributed by atoms with Crippen LogP contribution in [-0.4, -0.2) is 45.3 Å². The lowest BCUT2D eigenvalue weighted by molar-refractivity contribution is -0.145. The highest BCUT2D eigenvalue weighted by atomic mass is 32.2. The number of phenols is 1. The predicted molar refractivity (Wildman–Crippen MR) is 155 cm³/mol. The SMILES string of the molecule is CCOC(=O)C(Cc1ccc(B2OC(C)(C)C(C)(C)O2)cc1)c1c(SC(C)(C)C)c2cc(O)ccc2n1C. The highest BCUT2D eigenvalue weighted by molar-refractivity contribution is 8.00. The third-order valence-corrected chi connectivity index (χ3v) is 8.68. The summed E-state index contributed by atoms with van der Waals surface area (Å²) in [5, 5.41) is 11.2. The van der Waals surface area contributed by atoms with Crippen molar-refractivity contribution in [1.82, 2.24) is 4.57 Å². The minimum absolute atomic E-state index is 0.0990. The van der Waals surface area contributed by atoms with E-state index in [2.05, 4.69) is 25.3 Å². The molecule has 8 heteroatoms. The maximum atomic E-state index is 13.4. The van der Waals surface area contributed by atoms with Gasteiger partial charge in [0, 0.05) is 33.3 Å². The van der Waals surface area contributed by atoms with Crippen LogP contribution >= 0.6 is 11.8 Å². The maximum absolute atomic E-state index is 13.4. The minimum Gasteiger partial charge on any atom is -0.508 e. The molecule has 1 aliphatic rings. The Morgan fingerprint density at radius 1 is 1.08 bits per heavy atom. The Labute approximate surface area is 231 Å². The summed E-state index contributed by atoms with van der Waals surface area (Å²) >= 11 is 1.71. The van der Waals surface area contributed by atoms with Crippen LogP contribution in [0.5, 0.6) is 5.75 Å². The highest BCUT2D eigenvalue weighted by Gasteiger charge is 2.51. The van der Waals surface area contributed by atoms with Crippen LogP contribution in [0.1, 0.15) is 72.6 Å². The zero-order chi connectivity index (χ0) is 28.0. The van der Waals surface area contributed by atoms with Crippen LogP contribution in [0, 0.1) is 0 Å². The smallest absolute Gasteiger partial charge is 0.494 e. The zero-order valence-electron chi connectivity index (χ0n) is 24.0. The van der Waals surface area contributed by atoms with Crippen LogP contribution in [0.3, 0.4) is 0 Å². The van der Waals surface area contributed by atoms with E-state index in [0.29, 0.717) is 13.0 Å². The highest BCUT2D eigenvalue weighted by Crippen LogP contribution is 2.45. The van der Waals surface area contributed by atoms with Gasteiger partial charge in [-0.25, -0.2) is 0 Å². The van der Waals surface area contributed by atoms with Gasteiger partial charge in [0.25, 0.3) is 0 Å². The second-order valence-corrected chi connectivity index (χ2v) is 13.9. The molecule has 1 saturated heterocycles. The molecule has 1 aromatic heterocycles. The molecule has 38 heavy (non-hydrogen) atoms. The second-order valence-electron chi connectivity index (χ2n) is 12.0. The van der Waals surface area contributed by atoms with Gasteiger partial charge in [-0.15, -0.1) is 11.8 Å². The van der Waals surface area contributed by atoms with Gasteiger partial charge in [0.1, 0.15) is 11.7 Å². The molecule has 2 heterocycles. The Bertz CT molecular complexity index is 1310. The van der Waals surface area contributed by atoms with E-state index >= 15 is 0 Å². The molecule has 6 nitrogen and oxygen atoms in total. The number of hydrogen-bond donors (Lipinski definition) is 1. The van der Waals surface area contributed by atoms with Crippen LogP contribution in [0.25, 0.3) is 10.9 Å². The standard InChI is InChI=1S/C30H40BNO5S/c1-10-35-27(34)23(17-19-11-13-20(14-12-19)31-36-29(5,6)30(7,8)37-31)25-26(38-28(2,3)4)22-18-21(33)15-16-24(22)32(25)9/h11-16,18,23,33H,10,17H2,1-9H3. The van der Waals surface area contributed by atoms with Gasteiger partial charge in [-0.3, -0.25) is 4.79 Å². The number of thioether (sulfide) groups is 1. The summed E-state index contributed by atoms with van der Waals surface area (Å²) in [5.74, 6) is -0.563. The number of benzene rings is 2. The second kappa shape index (κ2) is 10.3. The molecular formula is C30H40BNO5S. The maximum Gasteiger partial charge on any atom is 0.494 e. The van der Waals surface area contributed by atoms with E-state index in [-0.39, 0.29) is 16.5 Å². The summed E-state index contributed by atoms with van der Waals surface area (Å²) in [6.07, 6.45) is 0.482. The van der Waals surface area contributed by atoms with E-state index < -0.39 is 24.2 Å². The van der Waals surface area contributed by atoms with Crippen molar-refractivity contribution in [1.29, 1.82) is 0 Å². The Morgan fingerprint density at radius 3 is 2.24 bits per heavy atom. The number of nitrogens with zero attached hydrogens (tertiary/aromatic N) is 1. The molecule has 1 fully saturated rings. The van der Waals surface area contributed by atoms with Crippen LogP contribution < -0.4 is 5.46 Å². The van der Waals surface area contributed by atoms with Crippen molar-refractivity contribution in [3.05, 3.63) is 53.7 Å². The predicted octanol–water partition coefficient (Wildman–Crippen LogP) is 5.96. The normalized spacial score (nSPS) is 17.7. The van der Waals surface area contributed by atoms with Crippen molar-refractivity contribution < 1.29 is 23.9 Å². The molecule has 1 N–H and O–H groups in total. The number of fused-ring (bicyclic) bond motifs is 1.